The highest BCUT2D eigenvalue weighted by Crippen LogP contribution is 2.28. The minimum atomic E-state index is -0.356. The summed E-state index contributed by atoms with van der Waals surface area (Å²) < 4.78 is 2.09. The second-order valence-corrected chi connectivity index (χ2v) is 11.7. The number of imidazole rings is 1. The van der Waals surface area contributed by atoms with E-state index in [0.29, 0.717) is 32.6 Å². The van der Waals surface area contributed by atoms with E-state index >= 15 is 0 Å². The molecule has 2 aliphatic heterocycles. The standard InChI is InChI=1S/C33H35N9O2/c1-22-16-24(17-26-19-36-39-30(22)26)18-29(31-35-12-15-41(31)20-23-6-10-34-11-7-23)38-32(43)40-13-8-27(9-14-40)42-21-25-4-2-3-5-28(25)37-33(42)44/h2-7,10-12,15-17,19,27,29H,8-9,13-14,18,20-21H2,1H3,(H,36,39)(H,37,44)(H,38,43). The molecular weight excluding hydrogens is 554 g/mol. The number of nitrogens with zero attached hydrogens (tertiary/aromatic N) is 6. The number of pyridine rings is 1. The SMILES string of the molecule is Cc1cc(CC(NC(=O)N2CCC(N3Cc4ccccc4NC3=O)CC2)c2nccn2Cc2ccncc2)cc2cn[nH]c12. The lowest BCUT2D eigenvalue weighted by Gasteiger charge is -2.40. The number of H-pyrrole nitrogens is 1. The zero-order valence-electron chi connectivity index (χ0n) is 24.6. The van der Waals surface area contributed by atoms with Gasteiger partial charge in [-0.25, -0.2) is 14.6 Å². The Morgan fingerprint density at radius 3 is 2.73 bits per heavy atom. The molecule has 5 aromatic rings. The Bertz CT molecular complexity index is 1790. The Morgan fingerprint density at radius 2 is 1.89 bits per heavy atom. The highest BCUT2D eigenvalue weighted by atomic mass is 16.2. The molecule has 1 unspecified atom stereocenters. The summed E-state index contributed by atoms with van der Waals surface area (Å²) in [6.45, 7) is 4.41. The Kier molecular flexibility index (Phi) is 7.43. The van der Waals surface area contributed by atoms with E-state index in [2.05, 4.69) is 55.5 Å². The molecule has 224 valence electrons. The Labute approximate surface area is 255 Å². The van der Waals surface area contributed by atoms with Gasteiger partial charge in [-0.1, -0.05) is 24.3 Å². The molecule has 0 spiro atoms. The number of nitrogens with one attached hydrogen (secondary N) is 3. The summed E-state index contributed by atoms with van der Waals surface area (Å²) >= 11 is 0. The number of benzene rings is 2. The summed E-state index contributed by atoms with van der Waals surface area (Å²) in [5, 5.41) is 14.6. The zero-order chi connectivity index (χ0) is 30.0. The largest absolute Gasteiger partial charge is 0.329 e. The van der Waals surface area contributed by atoms with Crippen LogP contribution in [0.5, 0.6) is 0 Å². The highest BCUT2D eigenvalue weighted by molar-refractivity contribution is 5.92. The number of hydrogen-bond acceptors (Lipinski definition) is 5. The van der Waals surface area contributed by atoms with Gasteiger partial charge in [-0.05, 0) is 72.7 Å². The molecule has 3 aromatic heterocycles. The summed E-state index contributed by atoms with van der Waals surface area (Å²) in [4.78, 5) is 39.3. The van der Waals surface area contributed by atoms with Crippen molar-refractivity contribution < 1.29 is 9.59 Å². The molecule has 2 aliphatic rings. The Hall–Kier alpha value is -5.19. The van der Waals surface area contributed by atoms with Crippen LogP contribution in [0.1, 0.15) is 47.0 Å². The zero-order valence-corrected chi connectivity index (χ0v) is 24.6. The first-order chi connectivity index (χ1) is 21.5. The van der Waals surface area contributed by atoms with Crippen LogP contribution in [0.15, 0.2) is 79.5 Å². The van der Waals surface area contributed by atoms with Gasteiger partial charge in [0.15, 0.2) is 0 Å². The summed E-state index contributed by atoms with van der Waals surface area (Å²) in [5.74, 6) is 0.790. The minimum absolute atomic E-state index is 0.0717. The molecule has 1 fully saturated rings. The van der Waals surface area contributed by atoms with E-state index in [1.165, 1.54) is 0 Å². The van der Waals surface area contributed by atoms with Crippen molar-refractivity contribution in [3.8, 4) is 0 Å². The number of aryl methyl sites for hydroxylation is 1. The number of hydrogen-bond donors (Lipinski definition) is 3. The number of para-hydroxylation sites is 1. The number of aromatic amines is 1. The molecule has 0 bridgehead atoms. The van der Waals surface area contributed by atoms with E-state index < -0.39 is 0 Å². The van der Waals surface area contributed by atoms with Crippen LogP contribution in [0.2, 0.25) is 0 Å². The van der Waals surface area contributed by atoms with Crippen LogP contribution in [-0.2, 0) is 19.5 Å². The van der Waals surface area contributed by atoms with Gasteiger partial charge in [0.05, 0.1) is 17.8 Å². The molecule has 7 rings (SSSR count). The fourth-order valence-electron chi connectivity index (χ4n) is 6.46. The fourth-order valence-corrected chi connectivity index (χ4v) is 6.46. The third-order valence-corrected chi connectivity index (χ3v) is 8.76. The topological polar surface area (TPSA) is 124 Å². The number of likely N-dealkylation sites (tertiary alicyclic amines) is 1. The molecule has 0 saturated carbocycles. The van der Waals surface area contributed by atoms with Crippen LogP contribution in [0.25, 0.3) is 10.9 Å². The molecule has 3 N–H and O–H groups in total. The highest BCUT2D eigenvalue weighted by Gasteiger charge is 2.33. The van der Waals surface area contributed by atoms with Gasteiger partial charge in [0.25, 0.3) is 0 Å². The molecule has 1 atom stereocenters. The number of urea groups is 2. The van der Waals surface area contributed by atoms with Gasteiger partial charge in [-0.2, -0.15) is 5.10 Å². The number of carbonyl (C=O) groups is 2. The smallest absolute Gasteiger partial charge is 0.322 e. The normalized spacial score (nSPS) is 16.1. The first-order valence-corrected chi connectivity index (χ1v) is 15.1. The molecule has 4 amide bonds. The molecule has 0 aliphatic carbocycles. The maximum Gasteiger partial charge on any atom is 0.322 e. The number of fused-ring (bicyclic) bond motifs is 2. The second kappa shape index (κ2) is 11.8. The van der Waals surface area contributed by atoms with Crippen molar-refractivity contribution in [2.45, 2.75) is 51.4 Å². The predicted octanol–water partition coefficient (Wildman–Crippen LogP) is 5.02. The van der Waals surface area contributed by atoms with Crippen molar-refractivity contribution in [2.75, 3.05) is 18.4 Å². The molecule has 2 aromatic carbocycles. The van der Waals surface area contributed by atoms with Crippen LogP contribution in [0.3, 0.4) is 0 Å². The molecular formula is C33H35N9O2. The maximum atomic E-state index is 13.8. The van der Waals surface area contributed by atoms with E-state index in [1.54, 1.807) is 18.6 Å². The van der Waals surface area contributed by atoms with Gasteiger partial charge in [-0.3, -0.25) is 10.1 Å². The van der Waals surface area contributed by atoms with Gasteiger partial charge in [0.1, 0.15) is 5.82 Å². The summed E-state index contributed by atoms with van der Waals surface area (Å²) in [7, 11) is 0. The second-order valence-electron chi connectivity index (χ2n) is 11.7. The average molecular weight is 590 g/mol. The van der Waals surface area contributed by atoms with Crippen molar-refractivity contribution in [2.24, 2.45) is 0 Å². The van der Waals surface area contributed by atoms with Crippen LogP contribution >= 0.6 is 0 Å². The van der Waals surface area contributed by atoms with Gasteiger partial charge in [0, 0.05) is 68.1 Å². The van der Waals surface area contributed by atoms with Crippen LogP contribution in [-0.4, -0.2) is 65.7 Å². The van der Waals surface area contributed by atoms with Crippen LogP contribution in [0, 0.1) is 6.92 Å². The average Bonchev–Trinajstić information content (AvgIpc) is 3.71. The lowest BCUT2D eigenvalue weighted by Crippen LogP contribution is -2.53. The van der Waals surface area contributed by atoms with E-state index in [0.717, 1.165) is 57.5 Å². The molecule has 1 saturated heterocycles. The summed E-state index contributed by atoms with van der Waals surface area (Å²) in [6.07, 6.45) is 11.1. The third kappa shape index (κ3) is 5.60. The van der Waals surface area contributed by atoms with E-state index in [9.17, 15) is 9.59 Å². The quantitative estimate of drug-likeness (QED) is 0.246. The van der Waals surface area contributed by atoms with Crippen LogP contribution in [0.4, 0.5) is 15.3 Å². The third-order valence-electron chi connectivity index (χ3n) is 8.76. The van der Waals surface area contributed by atoms with Gasteiger partial charge in [-0.15, -0.1) is 0 Å². The van der Waals surface area contributed by atoms with Crippen molar-refractivity contribution in [3.05, 3.63) is 108 Å². The number of aromatic nitrogens is 5. The first-order valence-electron chi connectivity index (χ1n) is 15.1. The summed E-state index contributed by atoms with van der Waals surface area (Å²) in [6, 6.07) is 15.7. The lowest BCUT2D eigenvalue weighted by atomic mass is 10.00. The Balaban J connectivity index is 1.08. The van der Waals surface area contributed by atoms with Crippen molar-refractivity contribution in [1.29, 1.82) is 0 Å². The lowest BCUT2D eigenvalue weighted by molar-refractivity contribution is 0.127. The number of piperidine rings is 1. The monoisotopic (exact) mass is 589 g/mol. The first kappa shape index (κ1) is 27.6. The molecule has 0 radical (unpaired) electrons. The van der Waals surface area contributed by atoms with E-state index in [4.69, 9.17) is 4.98 Å². The molecule has 11 heteroatoms. The number of rotatable bonds is 7. The van der Waals surface area contributed by atoms with Gasteiger partial charge < -0.3 is 25.0 Å². The van der Waals surface area contributed by atoms with Gasteiger partial charge in [0.2, 0.25) is 0 Å². The van der Waals surface area contributed by atoms with Crippen molar-refractivity contribution >= 4 is 28.7 Å². The number of anilines is 1. The number of carbonyl (C=O) groups excluding carboxylic acids is 2. The van der Waals surface area contributed by atoms with E-state index in [-0.39, 0.29) is 24.1 Å². The Morgan fingerprint density at radius 1 is 1.07 bits per heavy atom. The molecule has 11 nitrogen and oxygen atoms in total. The van der Waals surface area contributed by atoms with Crippen LogP contribution < -0.4 is 10.6 Å². The predicted molar refractivity (Wildman–Crippen MR) is 167 cm³/mol. The molecule has 44 heavy (non-hydrogen) atoms. The van der Waals surface area contributed by atoms with Gasteiger partial charge >= 0.3 is 12.1 Å². The van der Waals surface area contributed by atoms with Crippen molar-refractivity contribution in [3.63, 3.8) is 0 Å². The van der Waals surface area contributed by atoms with E-state index in [1.807, 2.05) is 52.5 Å². The minimum Gasteiger partial charge on any atom is -0.329 e. The fraction of sp³-hybridized carbons (Fsp3) is 0.303. The number of amides is 4. The molecule has 5 heterocycles. The van der Waals surface area contributed by atoms with Crippen molar-refractivity contribution in [1.82, 2.24) is 39.8 Å². The summed E-state index contributed by atoms with van der Waals surface area (Å²) in [5.41, 5.74) is 6.30. The maximum absolute atomic E-state index is 13.8.